The zero-order chi connectivity index (χ0) is 34.0. The van der Waals surface area contributed by atoms with E-state index in [0.717, 1.165) is 32.1 Å². The number of esters is 1. The number of carbonyl (C=O) groups is 1. The first kappa shape index (κ1) is 42.9. The molecule has 1 heterocycles. The first-order chi connectivity index (χ1) is 22.1. The van der Waals surface area contributed by atoms with Gasteiger partial charge >= 0.3 is 16.4 Å². The number of rotatable bonds is 29. The molecule has 4 N–H and O–H groups in total. The van der Waals surface area contributed by atoms with Crippen LogP contribution in [0, 0.1) is 0 Å². The Hall–Kier alpha value is -1.16. The molecule has 272 valence electrons. The van der Waals surface area contributed by atoms with E-state index in [1.807, 2.05) is 6.92 Å². The summed E-state index contributed by atoms with van der Waals surface area (Å²) < 4.78 is 58.0. The van der Waals surface area contributed by atoms with E-state index in [-0.39, 0.29) is 19.6 Å². The molecule has 12 nitrogen and oxygen atoms in total. The van der Waals surface area contributed by atoms with Gasteiger partial charge in [0.25, 0.3) is 0 Å². The fourth-order valence-electron chi connectivity index (χ4n) is 5.17. The smallest absolute Gasteiger partial charge is 0.397 e. The van der Waals surface area contributed by atoms with Gasteiger partial charge in [-0.05, 0) is 38.5 Å². The second-order valence-electron chi connectivity index (χ2n) is 12.1. The van der Waals surface area contributed by atoms with Gasteiger partial charge < -0.3 is 34.3 Å². The van der Waals surface area contributed by atoms with Gasteiger partial charge in [-0.1, -0.05) is 96.6 Å². The number of aliphatic hydroxyl groups excluding tert-OH is 3. The molecule has 13 heteroatoms. The van der Waals surface area contributed by atoms with Gasteiger partial charge in [0.1, 0.15) is 30.5 Å². The normalized spacial score (nSPS) is 22.8. The van der Waals surface area contributed by atoms with Crippen molar-refractivity contribution in [3.05, 3.63) is 12.2 Å². The van der Waals surface area contributed by atoms with Crippen molar-refractivity contribution in [2.75, 3.05) is 26.4 Å². The molecule has 1 saturated heterocycles. The van der Waals surface area contributed by atoms with Crippen molar-refractivity contribution in [1.29, 1.82) is 0 Å². The van der Waals surface area contributed by atoms with Gasteiger partial charge in [0.2, 0.25) is 0 Å². The van der Waals surface area contributed by atoms with E-state index < -0.39 is 59.8 Å². The van der Waals surface area contributed by atoms with Crippen LogP contribution < -0.4 is 0 Å². The van der Waals surface area contributed by atoms with Gasteiger partial charge in [-0.3, -0.25) is 9.35 Å². The van der Waals surface area contributed by atoms with Crippen molar-refractivity contribution in [3.63, 3.8) is 0 Å². The molecule has 0 aromatic heterocycles. The second-order valence-corrected chi connectivity index (χ2v) is 13.2. The first-order valence-corrected chi connectivity index (χ1v) is 18.8. The first-order valence-electron chi connectivity index (χ1n) is 17.4. The number of hydrogen-bond donors (Lipinski definition) is 4. The summed E-state index contributed by atoms with van der Waals surface area (Å²) in [7, 11) is -5.04. The third kappa shape index (κ3) is 20.9. The molecule has 1 aliphatic heterocycles. The van der Waals surface area contributed by atoms with E-state index in [1.54, 1.807) is 0 Å². The van der Waals surface area contributed by atoms with E-state index >= 15 is 0 Å². The highest BCUT2D eigenvalue weighted by atomic mass is 32.3. The largest absolute Gasteiger partial charge is 0.457 e. The predicted molar refractivity (Wildman–Crippen MR) is 174 cm³/mol. The number of allylic oxidation sites excluding steroid dienone is 2. The Morgan fingerprint density at radius 1 is 0.804 bits per heavy atom. The maximum atomic E-state index is 12.3. The summed E-state index contributed by atoms with van der Waals surface area (Å²) in [5, 5.41) is 30.2. The topological polar surface area (TPSA) is 178 Å². The van der Waals surface area contributed by atoms with E-state index in [2.05, 4.69) is 23.3 Å². The van der Waals surface area contributed by atoms with E-state index in [1.165, 1.54) is 70.6 Å². The minimum absolute atomic E-state index is 0.0306. The molecule has 0 aromatic carbocycles. The minimum atomic E-state index is -5.04. The van der Waals surface area contributed by atoms with Crippen LogP contribution in [0.1, 0.15) is 129 Å². The lowest BCUT2D eigenvalue weighted by atomic mass is 9.99. The van der Waals surface area contributed by atoms with Crippen molar-refractivity contribution >= 4 is 16.4 Å². The lowest BCUT2D eigenvalue weighted by Gasteiger charge is -2.41. The number of carbonyl (C=O) groups excluding carboxylic acids is 1. The van der Waals surface area contributed by atoms with Crippen molar-refractivity contribution < 1.29 is 56.2 Å². The molecular formula is C33H62O12S. The summed E-state index contributed by atoms with van der Waals surface area (Å²) in [6, 6.07) is 0. The molecule has 1 aliphatic rings. The van der Waals surface area contributed by atoms with Crippen LogP contribution in [0.5, 0.6) is 0 Å². The lowest BCUT2D eigenvalue weighted by molar-refractivity contribution is -0.301. The monoisotopic (exact) mass is 682 g/mol. The van der Waals surface area contributed by atoms with E-state index in [9.17, 15) is 28.5 Å². The molecule has 6 unspecified atom stereocenters. The van der Waals surface area contributed by atoms with Gasteiger partial charge in [0.15, 0.2) is 6.29 Å². The van der Waals surface area contributed by atoms with Crippen LogP contribution in [0.4, 0.5) is 0 Å². The Morgan fingerprint density at radius 3 is 1.93 bits per heavy atom. The Balaban J connectivity index is 2.33. The molecule has 0 radical (unpaired) electrons. The zero-order valence-corrected chi connectivity index (χ0v) is 29.0. The van der Waals surface area contributed by atoms with Gasteiger partial charge in [-0.15, -0.1) is 0 Å². The third-order valence-corrected chi connectivity index (χ3v) is 8.35. The fraction of sp³-hybridized carbons (Fsp3) is 0.909. The number of hydrogen-bond acceptors (Lipinski definition) is 11. The van der Waals surface area contributed by atoms with Crippen LogP contribution in [-0.4, -0.2) is 97.5 Å². The van der Waals surface area contributed by atoms with Crippen LogP contribution in [0.15, 0.2) is 12.2 Å². The number of aliphatic hydroxyl groups is 3. The molecule has 0 saturated carbocycles. The van der Waals surface area contributed by atoms with Gasteiger partial charge in [0.05, 0.1) is 19.8 Å². The van der Waals surface area contributed by atoms with Gasteiger partial charge in [0, 0.05) is 13.0 Å². The maximum absolute atomic E-state index is 12.3. The molecule has 0 aromatic rings. The lowest BCUT2D eigenvalue weighted by Crippen LogP contribution is -2.60. The Kier molecular flexibility index (Phi) is 24.9. The van der Waals surface area contributed by atoms with Gasteiger partial charge in [-0.2, -0.15) is 8.42 Å². The van der Waals surface area contributed by atoms with Crippen LogP contribution in [0.3, 0.4) is 0 Å². The Bertz CT molecular complexity index is 884. The third-order valence-electron chi connectivity index (χ3n) is 7.89. The molecule has 0 aliphatic carbocycles. The van der Waals surface area contributed by atoms with Crippen molar-refractivity contribution in [3.8, 4) is 0 Å². The van der Waals surface area contributed by atoms with Crippen LogP contribution in [0.2, 0.25) is 0 Å². The van der Waals surface area contributed by atoms with Crippen molar-refractivity contribution in [2.24, 2.45) is 0 Å². The Labute approximate surface area is 277 Å². The number of unbranched alkanes of at least 4 members (excludes halogenated alkanes) is 14. The average molecular weight is 683 g/mol. The molecule has 46 heavy (non-hydrogen) atoms. The molecular weight excluding hydrogens is 620 g/mol. The van der Waals surface area contributed by atoms with Crippen molar-refractivity contribution in [1.82, 2.24) is 0 Å². The van der Waals surface area contributed by atoms with E-state index in [0.29, 0.717) is 13.0 Å². The predicted octanol–water partition coefficient (Wildman–Crippen LogP) is 5.18. The van der Waals surface area contributed by atoms with Crippen LogP contribution in [-0.2, 0) is 38.3 Å². The SMILES string of the molecule is CCCCCCCCC/C=C\CCCCCCCCOCC(COC1OC(CO)C(O)C(OS(=O)(=O)O)C1O)OC(=O)CCCC. The number of ether oxygens (including phenoxy) is 4. The maximum Gasteiger partial charge on any atom is 0.397 e. The Morgan fingerprint density at radius 2 is 1.37 bits per heavy atom. The van der Waals surface area contributed by atoms with Crippen molar-refractivity contribution in [2.45, 2.75) is 166 Å². The molecule has 0 bridgehead atoms. The summed E-state index contributed by atoms with van der Waals surface area (Å²) in [5.74, 6) is -0.437. The highest BCUT2D eigenvalue weighted by molar-refractivity contribution is 7.80. The highest BCUT2D eigenvalue weighted by Crippen LogP contribution is 2.26. The fourth-order valence-corrected chi connectivity index (χ4v) is 5.68. The summed E-state index contributed by atoms with van der Waals surface area (Å²) in [6.45, 7) is 3.68. The standard InChI is InChI=1S/C33H62O12S/c1-3-5-7-8-9-10-11-12-13-14-15-16-17-18-19-20-21-23-41-25-27(43-29(35)22-6-4-2)26-42-33-31(37)32(45-46(38,39)40)30(36)28(24-34)44-33/h13-14,27-28,30-34,36-37H,3-12,15-26H2,1-2H3,(H,38,39,40)/b14-13-. The zero-order valence-electron chi connectivity index (χ0n) is 28.1. The molecule has 0 spiro atoms. The summed E-state index contributed by atoms with van der Waals surface area (Å²) in [4.78, 5) is 12.3. The van der Waals surface area contributed by atoms with E-state index in [4.69, 9.17) is 23.5 Å². The van der Waals surface area contributed by atoms with Crippen LogP contribution >= 0.6 is 0 Å². The summed E-state index contributed by atoms with van der Waals surface area (Å²) in [5.41, 5.74) is 0. The quantitative estimate of drug-likeness (QED) is 0.0352. The molecule has 1 fully saturated rings. The van der Waals surface area contributed by atoms with Crippen LogP contribution in [0.25, 0.3) is 0 Å². The second kappa shape index (κ2) is 26.8. The highest BCUT2D eigenvalue weighted by Gasteiger charge is 2.48. The molecule has 1 rings (SSSR count). The average Bonchev–Trinajstić information content (AvgIpc) is 3.02. The molecule has 6 atom stereocenters. The summed E-state index contributed by atoms with van der Waals surface area (Å²) >= 11 is 0. The van der Waals surface area contributed by atoms with Gasteiger partial charge in [-0.25, -0.2) is 4.18 Å². The molecule has 0 amide bonds. The summed E-state index contributed by atoms with van der Waals surface area (Å²) in [6.07, 6.45) is 15.4. The minimum Gasteiger partial charge on any atom is -0.457 e.